The standard InChI is InChI=1S/C19H25N3O3/c1-14-4-2-3-5-15(14)12-18-20-19(25-21-18)17-7-6-16(24-17)13-22-8-10-23-11-9-22/h2-5,16-17H,6-13H2,1H3/t16-,17+/m1/s1. The maximum atomic E-state index is 6.16. The van der Waals surface area contributed by atoms with Crippen LogP contribution in [-0.4, -0.2) is 54.0 Å². The molecule has 134 valence electrons. The van der Waals surface area contributed by atoms with E-state index in [1.54, 1.807) is 0 Å². The van der Waals surface area contributed by atoms with E-state index in [1.807, 2.05) is 12.1 Å². The van der Waals surface area contributed by atoms with Gasteiger partial charge in [-0.2, -0.15) is 4.98 Å². The number of benzene rings is 1. The summed E-state index contributed by atoms with van der Waals surface area (Å²) in [5.74, 6) is 1.34. The summed E-state index contributed by atoms with van der Waals surface area (Å²) in [5, 5.41) is 4.14. The summed E-state index contributed by atoms with van der Waals surface area (Å²) in [5.41, 5.74) is 2.48. The molecule has 0 unspecified atom stereocenters. The fourth-order valence-electron chi connectivity index (χ4n) is 3.54. The zero-order chi connectivity index (χ0) is 17.1. The van der Waals surface area contributed by atoms with Gasteiger partial charge in [-0.1, -0.05) is 29.4 Å². The number of aryl methyl sites for hydroxylation is 1. The Kier molecular flexibility index (Phi) is 5.10. The molecule has 4 rings (SSSR count). The molecule has 0 bridgehead atoms. The lowest BCUT2D eigenvalue weighted by atomic mass is 10.1. The number of ether oxygens (including phenoxy) is 2. The van der Waals surface area contributed by atoms with Gasteiger partial charge in [0.15, 0.2) is 5.82 Å². The first-order chi connectivity index (χ1) is 12.3. The summed E-state index contributed by atoms with van der Waals surface area (Å²) >= 11 is 0. The first-order valence-electron chi connectivity index (χ1n) is 9.10. The van der Waals surface area contributed by atoms with Gasteiger partial charge >= 0.3 is 0 Å². The highest BCUT2D eigenvalue weighted by atomic mass is 16.5. The van der Waals surface area contributed by atoms with E-state index >= 15 is 0 Å². The van der Waals surface area contributed by atoms with Crippen LogP contribution >= 0.6 is 0 Å². The fraction of sp³-hybridized carbons (Fsp3) is 0.579. The Balaban J connectivity index is 1.34. The SMILES string of the molecule is Cc1ccccc1Cc1noc([C@@H]2CC[C@H](CN3CCOCC3)O2)n1. The van der Waals surface area contributed by atoms with Gasteiger partial charge in [0.1, 0.15) is 6.10 Å². The van der Waals surface area contributed by atoms with Gasteiger partial charge in [-0.15, -0.1) is 0 Å². The van der Waals surface area contributed by atoms with Crippen molar-refractivity contribution in [1.29, 1.82) is 0 Å². The average Bonchev–Trinajstić information content (AvgIpc) is 3.27. The number of aromatic nitrogens is 2. The van der Waals surface area contributed by atoms with Crippen LogP contribution < -0.4 is 0 Å². The second-order valence-electron chi connectivity index (χ2n) is 6.89. The van der Waals surface area contributed by atoms with Crippen molar-refractivity contribution in [3.8, 4) is 0 Å². The number of nitrogens with zero attached hydrogens (tertiary/aromatic N) is 3. The molecule has 0 N–H and O–H groups in total. The summed E-state index contributed by atoms with van der Waals surface area (Å²) in [6.45, 7) is 6.69. The van der Waals surface area contributed by atoms with Crippen LogP contribution in [0.25, 0.3) is 0 Å². The molecule has 25 heavy (non-hydrogen) atoms. The summed E-state index contributed by atoms with van der Waals surface area (Å²) in [7, 11) is 0. The van der Waals surface area contributed by atoms with Crippen molar-refractivity contribution in [1.82, 2.24) is 15.0 Å². The minimum atomic E-state index is -0.0656. The van der Waals surface area contributed by atoms with Crippen LogP contribution in [0, 0.1) is 6.92 Å². The van der Waals surface area contributed by atoms with E-state index in [1.165, 1.54) is 11.1 Å². The second kappa shape index (κ2) is 7.64. The van der Waals surface area contributed by atoms with Crippen LogP contribution in [0.2, 0.25) is 0 Å². The molecule has 0 saturated carbocycles. The lowest BCUT2D eigenvalue weighted by molar-refractivity contribution is -0.0189. The van der Waals surface area contributed by atoms with Crippen molar-refractivity contribution in [2.45, 2.75) is 38.4 Å². The maximum Gasteiger partial charge on any atom is 0.255 e. The van der Waals surface area contributed by atoms with Gasteiger partial charge in [0, 0.05) is 26.1 Å². The highest BCUT2D eigenvalue weighted by Crippen LogP contribution is 2.32. The summed E-state index contributed by atoms with van der Waals surface area (Å²) in [6.07, 6.45) is 2.86. The molecule has 3 heterocycles. The van der Waals surface area contributed by atoms with E-state index in [4.69, 9.17) is 14.0 Å². The van der Waals surface area contributed by atoms with Gasteiger partial charge < -0.3 is 14.0 Å². The molecule has 6 nitrogen and oxygen atoms in total. The van der Waals surface area contributed by atoms with Crippen LogP contribution in [0.4, 0.5) is 0 Å². The topological polar surface area (TPSA) is 60.6 Å². The van der Waals surface area contributed by atoms with Crippen molar-refractivity contribution in [3.05, 3.63) is 47.1 Å². The molecule has 2 aliphatic rings. The molecule has 0 aliphatic carbocycles. The highest BCUT2D eigenvalue weighted by molar-refractivity contribution is 5.28. The van der Waals surface area contributed by atoms with Crippen LogP contribution in [0.1, 0.15) is 41.8 Å². The molecule has 2 fully saturated rings. The molecule has 1 aromatic carbocycles. The Morgan fingerprint density at radius 3 is 2.84 bits per heavy atom. The minimum absolute atomic E-state index is 0.0656. The first kappa shape index (κ1) is 16.7. The van der Waals surface area contributed by atoms with Crippen molar-refractivity contribution in [3.63, 3.8) is 0 Å². The second-order valence-corrected chi connectivity index (χ2v) is 6.89. The van der Waals surface area contributed by atoms with Gasteiger partial charge in [-0.25, -0.2) is 0 Å². The van der Waals surface area contributed by atoms with E-state index in [-0.39, 0.29) is 12.2 Å². The molecular formula is C19H25N3O3. The van der Waals surface area contributed by atoms with Gasteiger partial charge in [0.2, 0.25) is 0 Å². The molecule has 1 aromatic heterocycles. The van der Waals surface area contributed by atoms with Crippen molar-refractivity contribution < 1.29 is 14.0 Å². The molecule has 2 atom stereocenters. The zero-order valence-corrected chi connectivity index (χ0v) is 14.7. The van der Waals surface area contributed by atoms with Crippen molar-refractivity contribution in [2.24, 2.45) is 0 Å². The van der Waals surface area contributed by atoms with Crippen LogP contribution in [0.3, 0.4) is 0 Å². The average molecular weight is 343 g/mol. The molecule has 0 radical (unpaired) electrons. The predicted octanol–water partition coefficient (Wildman–Crippen LogP) is 2.52. The Morgan fingerprint density at radius 1 is 1.16 bits per heavy atom. The Labute approximate surface area is 148 Å². The normalized spacial score (nSPS) is 24.7. The summed E-state index contributed by atoms with van der Waals surface area (Å²) < 4.78 is 17.0. The molecule has 0 spiro atoms. The van der Waals surface area contributed by atoms with Gasteiger partial charge in [-0.3, -0.25) is 4.90 Å². The van der Waals surface area contributed by atoms with Gasteiger partial charge in [0.25, 0.3) is 5.89 Å². The highest BCUT2D eigenvalue weighted by Gasteiger charge is 2.32. The Bertz CT molecular complexity index is 697. The Hall–Kier alpha value is -1.76. The number of hydrogen-bond acceptors (Lipinski definition) is 6. The van der Waals surface area contributed by atoms with E-state index in [0.717, 1.165) is 51.5 Å². The molecule has 2 aliphatic heterocycles. The van der Waals surface area contributed by atoms with Crippen LogP contribution in [0.15, 0.2) is 28.8 Å². The largest absolute Gasteiger partial charge is 0.379 e. The van der Waals surface area contributed by atoms with E-state index in [2.05, 4.69) is 34.1 Å². The van der Waals surface area contributed by atoms with E-state index in [0.29, 0.717) is 12.3 Å². The van der Waals surface area contributed by atoms with Gasteiger partial charge in [-0.05, 0) is 30.9 Å². The molecule has 0 amide bonds. The van der Waals surface area contributed by atoms with Crippen LogP contribution in [0.5, 0.6) is 0 Å². The van der Waals surface area contributed by atoms with Crippen LogP contribution in [-0.2, 0) is 15.9 Å². The number of hydrogen-bond donors (Lipinski definition) is 0. The smallest absolute Gasteiger partial charge is 0.255 e. The maximum absolute atomic E-state index is 6.16. The molecule has 2 aromatic rings. The monoisotopic (exact) mass is 343 g/mol. The fourth-order valence-corrected chi connectivity index (χ4v) is 3.54. The van der Waals surface area contributed by atoms with Gasteiger partial charge in [0.05, 0.1) is 19.3 Å². The quantitative estimate of drug-likeness (QED) is 0.831. The minimum Gasteiger partial charge on any atom is -0.379 e. The third-order valence-electron chi connectivity index (χ3n) is 5.04. The lowest BCUT2D eigenvalue weighted by Crippen LogP contribution is -2.40. The molecular weight excluding hydrogens is 318 g/mol. The third-order valence-corrected chi connectivity index (χ3v) is 5.04. The molecule has 2 saturated heterocycles. The van der Waals surface area contributed by atoms with E-state index < -0.39 is 0 Å². The third kappa shape index (κ3) is 4.08. The zero-order valence-electron chi connectivity index (χ0n) is 14.7. The van der Waals surface area contributed by atoms with Crippen molar-refractivity contribution >= 4 is 0 Å². The number of morpholine rings is 1. The Morgan fingerprint density at radius 2 is 2.00 bits per heavy atom. The summed E-state index contributed by atoms with van der Waals surface area (Å²) in [4.78, 5) is 6.98. The van der Waals surface area contributed by atoms with Crippen molar-refractivity contribution in [2.75, 3.05) is 32.8 Å². The summed E-state index contributed by atoms with van der Waals surface area (Å²) in [6, 6.07) is 8.30. The first-order valence-corrected chi connectivity index (χ1v) is 9.10. The molecule has 6 heteroatoms. The predicted molar refractivity (Wildman–Crippen MR) is 92.4 cm³/mol. The van der Waals surface area contributed by atoms with E-state index in [9.17, 15) is 0 Å². The number of rotatable bonds is 5. The lowest BCUT2D eigenvalue weighted by Gasteiger charge is -2.28.